The Kier molecular flexibility index (Phi) is 3.69. The van der Waals surface area contributed by atoms with Gasteiger partial charge >= 0.3 is 0 Å². The topological polar surface area (TPSA) is 15.7 Å². The van der Waals surface area contributed by atoms with Crippen molar-refractivity contribution in [2.45, 2.75) is 44.8 Å². The standard InChI is InChI=1S/C14H26N2O/c1-2-14-12(5-9-17-14)10-15-7-8-16-6-3-4-13(16)11-15/h12-14H,2-11H2,1H3. The normalized spacial score (nSPS) is 39.7. The third kappa shape index (κ3) is 2.51. The van der Waals surface area contributed by atoms with Gasteiger partial charge in [-0.3, -0.25) is 4.90 Å². The van der Waals surface area contributed by atoms with E-state index in [1.54, 1.807) is 0 Å². The first kappa shape index (κ1) is 11.9. The highest BCUT2D eigenvalue weighted by Crippen LogP contribution is 2.27. The van der Waals surface area contributed by atoms with Crippen molar-refractivity contribution in [3.05, 3.63) is 0 Å². The van der Waals surface area contributed by atoms with Crippen molar-refractivity contribution >= 4 is 0 Å². The molecule has 0 spiro atoms. The third-order valence-electron chi connectivity index (χ3n) is 4.91. The molecular formula is C14H26N2O. The van der Waals surface area contributed by atoms with E-state index in [-0.39, 0.29) is 0 Å². The lowest BCUT2D eigenvalue weighted by atomic mass is 9.98. The molecule has 98 valence electrons. The van der Waals surface area contributed by atoms with Gasteiger partial charge in [0, 0.05) is 38.8 Å². The molecule has 0 aliphatic carbocycles. The molecule has 3 unspecified atom stereocenters. The fourth-order valence-electron chi connectivity index (χ4n) is 3.91. The fraction of sp³-hybridized carbons (Fsp3) is 1.00. The van der Waals surface area contributed by atoms with Crippen molar-refractivity contribution in [3.63, 3.8) is 0 Å². The van der Waals surface area contributed by atoms with Gasteiger partial charge in [-0.05, 0) is 38.1 Å². The summed E-state index contributed by atoms with van der Waals surface area (Å²) >= 11 is 0. The third-order valence-corrected chi connectivity index (χ3v) is 4.91. The predicted octanol–water partition coefficient (Wildman–Crippen LogP) is 1.58. The second-order valence-electron chi connectivity index (χ2n) is 5.96. The van der Waals surface area contributed by atoms with Gasteiger partial charge in [0.2, 0.25) is 0 Å². The first-order valence-corrected chi connectivity index (χ1v) is 7.45. The molecule has 17 heavy (non-hydrogen) atoms. The molecule has 0 aromatic heterocycles. The van der Waals surface area contributed by atoms with Crippen LogP contribution in [0.25, 0.3) is 0 Å². The highest BCUT2D eigenvalue weighted by Gasteiger charge is 2.34. The summed E-state index contributed by atoms with van der Waals surface area (Å²) in [5.41, 5.74) is 0. The quantitative estimate of drug-likeness (QED) is 0.742. The Morgan fingerprint density at radius 2 is 2.12 bits per heavy atom. The monoisotopic (exact) mass is 238 g/mol. The van der Waals surface area contributed by atoms with Crippen molar-refractivity contribution in [1.82, 2.24) is 9.80 Å². The van der Waals surface area contributed by atoms with E-state index in [1.165, 1.54) is 58.4 Å². The van der Waals surface area contributed by atoms with Crippen molar-refractivity contribution < 1.29 is 4.74 Å². The minimum Gasteiger partial charge on any atom is -0.378 e. The average Bonchev–Trinajstić information content (AvgIpc) is 2.96. The van der Waals surface area contributed by atoms with Crippen LogP contribution in [0.4, 0.5) is 0 Å². The molecule has 3 aliphatic heterocycles. The van der Waals surface area contributed by atoms with Crippen LogP contribution < -0.4 is 0 Å². The molecule has 3 atom stereocenters. The van der Waals surface area contributed by atoms with Crippen LogP contribution in [0.3, 0.4) is 0 Å². The van der Waals surface area contributed by atoms with E-state index in [0.717, 1.165) is 18.6 Å². The Bertz CT molecular complexity index is 259. The molecular weight excluding hydrogens is 212 g/mol. The van der Waals surface area contributed by atoms with Crippen LogP contribution in [0.1, 0.15) is 32.6 Å². The molecule has 0 amide bonds. The maximum atomic E-state index is 5.81. The van der Waals surface area contributed by atoms with E-state index in [1.807, 2.05) is 0 Å². The summed E-state index contributed by atoms with van der Waals surface area (Å²) in [4.78, 5) is 5.40. The number of ether oxygens (including phenoxy) is 1. The number of piperazine rings is 1. The lowest BCUT2D eigenvalue weighted by Gasteiger charge is -2.39. The molecule has 3 saturated heterocycles. The van der Waals surface area contributed by atoms with Gasteiger partial charge in [-0.1, -0.05) is 6.92 Å². The summed E-state index contributed by atoms with van der Waals surface area (Å²) in [6.07, 6.45) is 5.85. The van der Waals surface area contributed by atoms with Gasteiger partial charge in [-0.2, -0.15) is 0 Å². The molecule has 0 saturated carbocycles. The van der Waals surface area contributed by atoms with E-state index >= 15 is 0 Å². The van der Waals surface area contributed by atoms with Gasteiger partial charge in [0.15, 0.2) is 0 Å². The van der Waals surface area contributed by atoms with Crippen molar-refractivity contribution in [2.75, 3.05) is 39.3 Å². The predicted molar refractivity (Wildman–Crippen MR) is 69.2 cm³/mol. The molecule has 0 radical (unpaired) electrons. The van der Waals surface area contributed by atoms with Crippen molar-refractivity contribution in [1.29, 1.82) is 0 Å². The SMILES string of the molecule is CCC1OCCC1CN1CCN2CCCC2C1. The Balaban J connectivity index is 1.52. The van der Waals surface area contributed by atoms with Gasteiger partial charge in [0.1, 0.15) is 0 Å². The van der Waals surface area contributed by atoms with E-state index in [4.69, 9.17) is 4.74 Å². The van der Waals surface area contributed by atoms with Crippen molar-refractivity contribution in [3.8, 4) is 0 Å². The van der Waals surface area contributed by atoms with Gasteiger partial charge in [0.25, 0.3) is 0 Å². The van der Waals surface area contributed by atoms with E-state index in [9.17, 15) is 0 Å². The molecule has 0 aromatic rings. The zero-order valence-electron chi connectivity index (χ0n) is 11.1. The van der Waals surface area contributed by atoms with Gasteiger partial charge in [-0.15, -0.1) is 0 Å². The molecule has 0 aromatic carbocycles. The number of rotatable bonds is 3. The highest BCUT2D eigenvalue weighted by atomic mass is 16.5. The molecule has 3 heterocycles. The summed E-state index contributed by atoms with van der Waals surface area (Å²) in [5.74, 6) is 0.799. The van der Waals surface area contributed by atoms with Gasteiger partial charge < -0.3 is 9.64 Å². The van der Waals surface area contributed by atoms with E-state index < -0.39 is 0 Å². The molecule has 3 fully saturated rings. The average molecular weight is 238 g/mol. The Hall–Kier alpha value is -0.120. The largest absolute Gasteiger partial charge is 0.378 e. The second kappa shape index (κ2) is 5.25. The second-order valence-corrected chi connectivity index (χ2v) is 5.96. The highest BCUT2D eigenvalue weighted by molar-refractivity contribution is 4.88. The minimum absolute atomic E-state index is 0.539. The first-order chi connectivity index (χ1) is 8.36. The van der Waals surface area contributed by atoms with Crippen LogP contribution in [0.2, 0.25) is 0 Å². The summed E-state index contributed by atoms with van der Waals surface area (Å²) in [6, 6.07) is 0.867. The summed E-state index contributed by atoms with van der Waals surface area (Å²) in [6.45, 7) is 9.78. The number of nitrogens with zero attached hydrogens (tertiary/aromatic N) is 2. The number of fused-ring (bicyclic) bond motifs is 1. The van der Waals surface area contributed by atoms with Crippen LogP contribution in [0.15, 0.2) is 0 Å². The maximum absolute atomic E-state index is 5.81. The summed E-state index contributed by atoms with van der Waals surface area (Å²) < 4.78 is 5.81. The van der Waals surface area contributed by atoms with Gasteiger partial charge in [0.05, 0.1) is 6.10 Å². The number of hydrogen-bond acceptors (Lipinski definition) is 3. The molecule has 3 rings (SSSR count). The van der Waals surface area contributed by atoms with Gasteiger partial charge in [-0.25, -0.2) is 0 Å². The number of hydrogen-bond donors (Lipinski definition) is 0. The fourth-order valence-corrected chi connectivity index (χ4v) is 3.91. The van der Waals surface area contributed by atoms with Crippen LogP contribution in [0, 0.1) is 5.92 Å². The zero-order chi connectivity index (χ0) is 11.7. The van der Waals surface area contributed by atoms with Crippen molar-refractivity contribution in [2.24, 2.45) is 5.92 Å². The molecule has 0 bridgehead atoms. The molecule has 0 N–H and O–H groups in total. The smallest absolute Gasteiger partial charge is 0.0613 e. The summed E-state index contributed by atoms with van der Waals surface area (Å²) in [5, 5.41) is 0. The lowest BCUT2D eigenvalue weighted by molar-refractivity contribution is 0.0543. The summed E-state index contributed by atoms with van der Waals surface area (Å²) in [7, 11) is 0. The first-order valence-electron chi connectivity index (χ1n) is 7.45. The Morgan fingerprint density at radius 3 is 3.00 bits per heavy atom. The van der Waals surface area contributed by atoms with Crippen LogP contribution >= 0.6 is 0 Å². The Morgan fingerprint density at radius 1 is 1.18 bits per heavy atom. The Labute approximate surface area is 105 Å². The van der Waals surface area contributed by atoms with Crippen LogP contribution in [-0.2, 0) is 4.74 Å². The molecule has 3 aliphatic rings. The zero-order valence-corrected chi connectivity index (χ0v) is 11.1. The maximum Gasteiger partial charge on any atom is 0.0613 e. The minimum atomic E-state index is 0.539. The lowest BCUT2D eigenvalue weighted by Crippen LogP contribution is -2.51. The molecule has 3 heteroatoms. The van der Waals surface area contributed by atoms with E-state index in [0.29, 0.717) is 6.10 Å². The van der Waals surface area contributed by atoms with E-state index in [2.05, 4.69) is 16.7 Å². The van der Waals surface area contributed by atoms with Crippen LogP contribution in [-0.4, -0.2) is 61.3 Å². The molecule has 3 nitrogen and oxygen atoms in total. The van der Waals surface area contributed by atoms with Crippen LogP contribution in [0.5, 0.6) is 0 Å².